The van der Waals surface area contributed by atoms with E-state index >= 15 is 0 Å². The maximum atomic E-state index is 6.16. The van der Waals surface area contributed by atoms with Crippen LogP contribution < -0.4 is 10.5 Å². The Labute approximate surface area is 130 Å². The molecule has 2 N–H and O–H groups in total. The van der Waals surface area contributed by atoms with Crippen LogP contribution in [0.3, 0.4) is 0 Å². The van der Waals surface area contributed by atoms with Gasteiger partial charge in [-0.15, -0.1) is 0 Å². The van der Waals surface area contributed by atoms with Gasteiger partial charge in [0.05, 0.1) is 17.8 Å². The molecule has 1 heterocycles. The van der Waals surface area contributed by atoms with Gasteiger partial charge in [-0.2, -0.15) is 0 Å². The van der Waals surface area contributed by atoms with Crippen molar-refractivity contribution in [3.05, 3.63) is 65.9 Å². The summed E-state index contributed by atoms with van der Waals surface area (Å²) in [6.45, 7) is 2.60. The second-order valence-electron chi connectivity index (χ2n) is 4.99. The highest BCUT2D eigenvalue weighted by Gasteiger charge is 2.04. The minimum Gasteiger partial charge on any atom is -0.494 e. The summed E-state index contributed by atoms with van der Waals surface area (Å²) in [5.41, 5.74) is 9.72. The molecule has 3 heteroatoms. The summed E-state index contributed by atoms with van der Waals surface area (Å²) < 4.78 is 5.51. The molecule has 0 fully saturated rings. The van der Waals surface area contributed by atoms with Crippen molar-refractivity contribution < 1.29 is 4.74 Å². The molecule has 22 heavy (non-hydrogen) atoms. The average molecular weight is 290 g/mol. The predicted octanol–water partition coefficient (Wildman–Crippen LogP) is 4.39. The fourth-order valence-corrected chi connectivity index (χ4v) is 2.34. The zero-order valence-corrected chi connectivity index (χ0v) is 12.5. The zero-order valence-electron chi connectivity index (χ0n) is 12.5. The number of benzene rings is 2. The van der Waals surface area contributed by atoms with Gasteiger partial charge in [0.25, 0.3) is 0 Å². The minimum absolute atomic E-state index is 0.636. The van der Waals surface area contributed by atoms with Crippen molar-refractivity contribution in [3.63, 3.8) is 0 Å². The molecule has 3 aromatic rings. The van der Waals surface area contributed by atoms with Crippen LogP contribution in [0.5, 0.6) is 5.75 Å². The highest BCUT2D eigenvalue weighted by atomic mass is 16.5. The van der Waals surface area contributed by atoms with Crippen LogP contribution in [0.15, 0.2) is 54.6 Å². The van der Waals surface area contributed by atoms with E-state index in [9.17, 15) is 0 Å². The number of hydrogen-bond acceptors (Lipinski definition) is 3. The van der Waals surface area contributed by atoms with Crippen LogP contribution >= 0.6 is 0 Å². The third-order valence-electron chi connectivity index (χ3n) is 3.39. The molecular weight excluding hydrogens is 272 g/mol. The molecule has 0 spiro atoms. The van der Waals surface area contributed by atoms with Gasteiger partial charge in [-0.3, -0.25) is 0 Å². The van der Waals surface area contributed by atoms with Gasteiger partial charge >= 0.3 is 0 Å². The Hall–Kier alpha value is -2.81. The monoisotopic (exact) mass is 290 g/mol. The first kappa shape index (κ1) is 14.1. The van der Waals surface area contributed by atoms with Crippen molar-refractivity contribution in [2.45, 2.75) is 6.92 Å². The highest BCUT2D eigenvalue weighted by molar-refractivity contribution is 5.92. The lowest BCUT2D eigenvalue weighted by Crippen LogP contribution is -1.95. The molecule has 0 aliphatic carbocycles. The third kappa shape index (κ3) is 3.09. The quantitative estimate of drug-likeness (QED) is 0.775. The van der Waals surface area contributed by atoms with Crippen LogP contribution in [-0.4, -0.2) is 11.6 Å². The number of fused-ring (bicyclic) bond motifs is 1. The van der Waals surface area contributed by atoms with E-state index in [4.69, 9.17) is 10.5 Å². The van der Waals surface area contributed by atoms with Crippen molar-refractivity contribution in [3.8, 4) is 5.75 Å². The number of hydrogen-bond donors (Lipinski definition) is 1. The minimum atomic E-state index is 0.636. The Bertz CT molecular complexity index is 810. The smallest absolute Gasteiger partial charge is 0.120 e. The number of nitrogens with two attached hydrogens (primary N) is 1. The Morgan fingerprint density at radius 2 is 1.86 bits per heavy atom. The van der Waals surface area contributed by atoms with Gasteiger partial charge in [0.2, 0.25) is 0 Å². The third-order valence-corrected chi connectivity index (χ3v) is 3.39. The number of ether oxygens (including phenoxy) is 1. The predicted molar refractivity (Wildman–Crippen MR) is 92.7 cm³/mol. The highest BCUT2D eigenvalue weighted by Crippen LogP contribution is 2.26. The van der Waals surface area contributed by atoms with E-state index in [1.165, 1.54) is 0 Å². The Kier molecular flexibility index (Phi) is 4.05. The summed E-state index contributed by atoms with van der Waals surface area (Å²) in [6.07, 6.45) is 4.00. The number of aromatic nitrogens is 1. The fourth-order valence-electron chi connectivity index (χ4n) is 2.34. The van der Waals surface area contributed by atoms with Crippen molar-refractivity contribution in [1.82, 2.24) is 4.98 Å². The van der Waals surface area contributed by atoms with Gasteiger partial charge in [0.1, 0.15) is 5.75 Å². The molecule has 0 amide bonds. The summed E-state index contributed by atoms with van der Waals surface area (Å²) in [4.78, 5) is 4.63. The standard InChI is InChI=1S/C19H18N2O/c1-2-22-16-10-11-19-17(13-16)18(20)12-15(21-19)9-8-14-6-4-3-5-7-14/h3-13H,2H2,1H3,(H2,20,21). The largest absolute Gasteiger partial charge is 0.494 e. The molecular formula is C19H18N2O. The maximum absolute atomic E-state index is 6.16. The molecule has 110 valence electrons. The summed E-state index contributed by atoms with van der Waals surface area (Å²) >= 11 is 0. The Morgan fingerprint density at radius 1 is 1.05 bits per heavy atom. The van der Waals surface area contributed by atoms with E-state index in [0.29, 0.717) is 12.3 Å². The molecule has 3 rings (SSSR count). The molecule has 0 aliphatic rings. The average Bonchev–Trinajstić information content (AvgIpc) is 2.55. The normalized spacial score (nSPS) is 11.1. The first-order valence-electron chi connectivity index (χ1n) is 7.32. The van der Waals surface area contributed by atoms with Crippen molar-refractivity contribution >= 4 is 28.7 Å². The van der Waals surface area contributed by atoms with E-state index in [0.717, 1.165) is 27.9 Å². The van der Waals surface area contributed by atoms with Gasteiger partial charge in [0.15, 0.2) is 0 Å². The zero-order chi connectivity index (χ0) is 15.4. The number of anilines is 1. The molecule has 0 aliphatic heterocycles. The molecule has 0 radical (unpaired) electrons. The Morgan fingerprint density at radius 3 is 2.64 bits per heavy atom. The molecule has 3 nitrogen and oxygen atoms in total. The van der Waals surface area contributed by atoms with Crippen LogP contribution in [0.1, 0.15) is 18.2 Å². The van der Waals surface area contributed by atoms with Gasteiger partial charge in [0, 0.05) is 11.1 Å². The van der Waals surface area contributed by atoms with Crippen LogP contribution in [0, 0.1) is 0 Å². The lowest BCUT2D eigenvalue weighted by Gasteiger charge is -2.07. The van der Waals surface area contributed by atoms with E-state index in [1.54, 1.807) is 0 Å². The van der Waals surface area contributed by atoms with Gasteiger partial charge < -0.3 is 10.5 Å². The van der Waals surface area contributed by atoms with Crippen LogP contribution in [0.2, 0.25) is 0 Å². The van der Waals surface area contributed by atoms with Gasteiger partial charge in [-0.05, 0) is 42.8 Å². The number of nitrogen functional groups attached to an aromatic ring is 1. The fraction of sp³-hybridized carbons (Fsp3) is 0.105. The topological polar surface area (TPSA) is 48.1 Å². The summed E-state index contributed by atoms with van der Waals surface area (Å²) in [7, 11) is 0. The van der Waals surface area contributed by atoms with E-state index < -0.39 is 0 Å². The SMILES string of the molecule is CCOc1ccc2nc(C=Cc3ccccc3)cc(N)c2c1. The lowest BCUT2D eigenvalue weighted by molar-refractivity contribution is 0.340. The molecule has 0 bridgehead atoms. The molecule has 0 saturated heterocycles. The summed E-state index contributed by atoms with van der Waals surface area (Å²) in [6, 6.07) is 17.8. The lowest BCUT2D eigenvalue weighted by atomic mass is 10.1. The molecule has 2 aromatic carbocycles. The number of pyridine rings is 1. The van der Waals surface area contributed by atoms with Gasteiger partial charge in [-0.1, -0.05) is 36.4 Å². The van der Waals surface area contributed by atoms with Crippen LogP contribution in [0.4, 0.5) is 5.69 Å². The second-order valence-corrected chi connectivity index (χ2v) is 4.99. The van der Waals surface area contributed by atoms with Crippen molar-refractivity contribution in [1.29, 1.82) is 0 Å². The molecule has 0 unspecified atom stereocenters. The van der Waals surface area contributed by atoms with Crippen LogP contribution in [-0.2, 0) is 0 Å². The Balaban J connectivity index is 1.95. The number of nitrogens with zero attached hydrogens (tertiary/aromatic N) is 1. The van der Waals surface area contributed by atoms with E-state index in [2.05, 4.69) is 17.1 Å². The first-order valence-corrected chi connectivity index (χ1v) is 7.32. The van der Waals surface area contributed by atoms with Gasteiger partial charge in [-0.25, -0.2) is 4.98 Å². The van der Waals surface area contributed by atoms with Crippen molar-refractivity contribution in [2.24, 2.45) is 0 Å². The molecule has 1 aromatic heterocycles. The van der Waals surface area contributed by atoms with Crippen molar-refractivity contribution in [2.75, 3.05) is 12.3 Å². The summed E-state index contributed by atoms with van der Waals surface area (Å²) in [5, 5.41) is 0.919. The molecule has 0 atom stereocenters. The van der Waals surface area contributed by atoms with E-state index in [1.807, 2.05) is 61.5 Å². The first-order chi connectivity index (χ1) is 10.8. The summed E-state index contributed by atoms with van der Waals surface area (Å²) in [5.74, 6) is 0.816. The van der Waals surface area contributed by atoms with Crippen LogP contribution in [0.25, 0.3) is 23.1 Å². The van der Waals surface area contributed by atoms with E-state index in [-0.39, 0.29) is 0 Å². The number of rotatable bonds is 4. The molecule has 0 saturated carbocycles. The maximum Gasteiger partial charge on any atom is 0.120 e. The second kappa shape index (κ2) is 6.31.